The van der Waals surface area contributed by atoms with Crippen LogP contribution in [0.2, 0.25) is 0 Å². The van der Waals surface area contributed by atoms with Gasteiger partial charge in [0.2, 0.25) is 0 Å². The molecule has 27 heavy (non-hydrogen) atoms. The van der Waals surface area contributed by atoms with Crippen molar-refractivity contribution in [1.29, 1.82) is 0 Å². The van der Waals surface area contributed by atoms with Crippen molar-refractivity contribution in [1.82, 2.24) is 15.0 Å². The number of aromatic nitrogens is 3. The molecule has 0 unspecified atom stereocenters. The van der Waals surface area contributed by atoms with E-state index in [1.807, 2.05) is 11.3 Å². The Balaban J connectivity index is 1.93. The van der Waals surface area contributed by atoms with Crippen molar-refractivity contribution in [2.45, 2.75) is 52.4 Å². The molecule has 0 fully saturated rings. The molecule has 0 aliphatic rings. The molecule has 4 rings (SSSR count). The summed E-state index contributed by atoms with van der Waals surface area (Å²) in [6, 6.07) is 15.1. The molecule has 4 heteroatoms. The van der Waals surface area contributed by atoms with Gasteiger partial charge < -0.3 is 0 Å². The van der Waals surface area contributed by atoms with E-state index in [1.54, 1.807) is 0 Å². The summed E-state index contributed by atoms with van der Waals surface area (Å²) < 4.78 is 2.58. The number of nitrogens with zero attached hydrogens (tertiary/aromatic N) is 3. The first-order valence-corrected chi connectivity index (χ1v) is 10.1. The molecule has 0 N–H and O–H groups in total. The first kappa shape index (κ1) is 18.1. The first-order valence-electron chi connectivity index (χ1n) is 9.32. The molecule has 0 spiro atoms. The van der Waals surface area contributed by atoms with Gasteiger partial charge in [-0.2, -0.15) is 0 Å². The molecule has 2 aromatic carbocycles. The van der Waals surface area contributed by atoms with E-state index in [1.165, 1.54) is 20.2 Å². The highest BCUT2D eigenvalue weighted by Crippen LogP contribution is 2.36. The lowest BCUT2D eigenvalue weighted by atomic mass is 9.93. The molecule has 2 heterocycles. The van der Waals surface area contributed by atoms with Crippen molar-refractivity contribution in [2.24, 2.45) is 0 Å². The van der Waals surface area contributed by atoms with Crippen molar-refractivity contribution in [2.75, 3.05) is 0 Å². The predicted octanol–water partition coefficient (Wildman–Crippen LogP) is 6.50. The molecule has 0 bridgehead atoms. The highest BCUT2D eigenvalue weighted by molar-refractivity contribution is 7.25. The largest absolute Gasteiger partial charge is 0.217 e. The van der Waals surface area contributed by atoms with Crippen LogP contribution >= 0.6 is 11.3 Å². The average Bonchev–Trinajstić information content (AvgIpc) is 2.97. The fourth-order valence-electron chi connectivity index (χ4n) is 3.04. The normalized spacial score (nSPS) is 12.8. The maximum absolute atomic E-state index is 4.83. The van der Waals surface area contributed by atoms with E-state index in [2.05, 4.69) is 84.0 Å². The van der Waals surface area contributed by atoms with Crippen LogP contribution in [0.1, 0.15) is 53.2 Å². The third-order valence-electron chi connectivity index (χ3n) is 4.61. The zero-order valence-corrected chi connectivity index (χ0v) is 17.6. The van der Waals surface area contributed by atoms with Crippen molar-refractivity contribution >= 4 is 31.5 Å². The van der Waals surface area contributed by atoms with E-state index < -0.39 is 0 Å². The van der Waals surface area contributed by atoms with Crippen molar-refractivity contribution < 1.29 is 0 Å². The molecule has 0 atom stereocenters. The minimum Gasteiger partial charge on any atom is -0.217 e. The van der Waals surface area contributed by atoms with Gasteiger partial charge in [-0.25, -0.2) is 15.0 Å². The molecule has 138 valence electrons. The molecule has 4 aromatic rings. The van der Waals surface area contributed by atoms with E-state index in [9.17, 15) is 0 Å². The van der Waals surface area contributed by atoms with Crippen LogP contribution in [0.3, 0.4) is 0 Å². The molecule has 0 amide bonds. The minimum atomic E-state index is -0.126. The smallest absolute Gasteiger partial charge is 0.163 e. The Kier molecular flexibility index (Phi) is 4.08. The summed E-state index contributed by atoms with van der Waals surface area (Å²) in [6.07, 6.45) is 0. The maximum Gasteiger partial charge on any atom is 0.163 e. The molecule has 0 aliphatic heterocycles. The molecular formula is C23H25N3S. The lowest BCUT2D eigenvalue weighted by Gasteiger charge is -2.22. The standard InChI is InChI=1S/C23H25N3S/c1-22(2,3)20-24-19(25-21(26-20)23(4,5)6)14-11-12-16-15-9-7-8-10-17(15)27-18(16)13-14/h7-13H,1-6H3. The molecule has 0 aliphatic carbocycles. The van der Waals surface area contributed by atoms with Crippen LogP contribution in [-0.2, 0) is 10.8 Å². The maximum atomic E-state index is 4.83. The van der Waals surface area contributed by atoms with Crippen LogP contribution in [0.4, 0.5) is 0 Å². The van der Waals surface area contributed by atoms with Gasteiger partial charge in [-0.1, -0.05) is 71.9 Å². The number of benzene rings is 2. The topological polar surface area (TPSA) is 38.7 Å². The Morgan fingerprint density at radius 3 is 1.89 bits per heavy atom. The third-order valence-corrected chi connectivity index (χ3v) is 5.75. The van der Waals surface area contributed by atoms with Crippen LogP contribution in [0.15, 0.2) is 42.5 Å². The molecule has 0 saturated heterocycles. The van der Waals surface area contributed by atoms with Gasteiger partial charge in [-0.15, -0.1) is 11.3 Å². The van der Waals surface area contributed by atoms with Gasteiger partial charge in [0.1, 0.15) is 11.6 Å². The van der Waals surface area contributed by atoms with Gasteiger partial charge >= 0.3 is 0 Å². The summed E-state index contributed by atoms with van der Waals surface area (Å²) in [5, 5.41) is 2.60. The number of hydrogen-bond donors (Lipinski definition) is 0. The SMILES string of the molecule is CC(C)(C)c1nc(-c2ccc3c(c2)sc2ccccc23)nc(C(C)(C)C)n1. The van der Waals surface area contributed by atoms with E-state index >= 15 is 0 Å². The van der Waals surface area contributed by atoms with E-state index in [-0.39, 0.29) is 10.8 Å². The Labute approximate surface area is 164 Å². The highest BCUT2D eigenvalue weighted by atomic mass is 32.1. The van der Waals surface area contributed by atoms with Gasteiger partial charge in [0.15, 0.2) is 5.82 Å². The Morgan fingerprint density at radius 1 is 0.667 bits per heavy atom. The van der Waals surface area contributed by atoms with Crippen LogP contribution in [0.5, 0.6) is 0 Å². The second-order valence-electron chi connectivity index (χ2n) is 9.12. The van der Waals surface area contributed by atoms with Gasteiger partial charge in [0, 0.05) is 36.6 Å². The second kappa shape index (κ2) is 6.10. The van der Waals surface area contributed by atoms with Crippen LogP contribution in [-0.4, -0.2) is 15.0 Å². The summed E-state index contributed by atoms with van der Waals surface area (Å²) in [6.45, 7) is 12.9. The van der Waals surface area contributed by atoms with Gasteiger partial charge in [-0.3, -0.25) is 0 Å². The molecule has 2 aromatic heterocycles. The zero-order valence-electron chi connectivity index (χ0n) is 16.8. The van der Waals surface area contributed by atoms with Crippen LogP contribution in [0.25, 0.3) is 31.6 Å². The lowest BCUT2D eigenvalue weighted by molar-refractivity contribution is 0.497. The van der Waals surface area contributed by atoms with Gasteiger partial charge in [0.25, 0.3) is 0 Å². The quantitative estimate of drug-likeness (QED) is 0.381. The highest BCUT2D eigenvalue weighted by Gasteiger charge is 2.25. The van der Waals surface area contributed by atoms with Crippen molar-refractivity contribution in [3.63, 3.8) is 0 Å². The van der Waals surface area contributed by atoms with E-state index in [4.69, 9.17) is 15.0 Å². The second-order valence-corrected chi connectivity index (χ2v) is 10.2. The summed E-state index contributed by atoms with van der Waals surface area (Å²) >= 11 is 1.82. The lowest BCUT2D eigenvalue weighted by Crippen LogP contribution is -2.24. The summed E-state index contributed by atoms with van der Waals surface area (Å²) in [5.41, 5.74) is 0.797. The van der Waals surface area contributed by atoms with E-state index in [0.717, 1.165) is 23.0 Å². The Bertz CT molecular complexity index is 1110. The van der Waals surface area contributed by atoms with Crippen LogP contribution < -0.4 is 0 Å². The Morgan fingerprint density at radius 2 is 1.26 bits per heavy atom. The van der Waals surface area contributed by atoms with Crippen molar-refractivity contribution in [3.05, 3.63) is 54.1 Å². The fourth-order valence-corrected chi connectivity index (χ4v) is 4.19. The zero-order chi connectivity index (χ0) is 19.4. The van der Waals surface area contributed by atoms with Gasteiger partial charge in [0.05, 0.1) is 0 Å². The molecule has 0 saturated carbocycles. The van der Waals surface area contributed by atoms with Gasteiger partial charge in [-0.05, 0) is 12.1 Å². The third kappa shape index (κ3) is 3.34. The minimum absolute atomic E-state index is 0.126. The number of hydrogen-bond acceptors (Lipinski definition) is 4. The summed E-state index contributed by atoms with van der Waals surface area (Å²) in [7, 11) is 0. The number of rotatable bonds is 1. The molecule has 0 radical (unpaired) electrons. The summed E-state index contributed by atoms with van der Waals surface area (Å²) in [4.78, 5) is 14.4. The first-order chi connectivity index (χ1) is 12.6. The molecular weight excluding hydrogens is 350 g/mol. The van der Waals surface area contributed by atoms with Crippen LogP contribution in [0, 0.1) is 0 Å². The number of thiophene rings is 1. The predicted molar refractivity (Wildman–Crippen MR) is 116 cm³/mol. The monoisotopic (exact) mass is 375 g/mol. The Hall–Kier alpha value is -2.33. The van der Waals surface area contributed by atoms with E-state index in [0.29, 0.717) is 0 Å². The summed E-state index contributed by atoms with van der Waals surface area (Å²) in [5.74, 6) is 2.45. The average molecular weight is 376 g/mol. The number of fused-ring (bicyclic) bond motifs is 3. The molecule has 3 nitrogen and oxygen atoms in total. The fraction of sp³-hybridized carbons (Fsp3) is 0.348. The van der Waals surface area contributed by atoms with Crippen molar-refractivity contribution in [3.8, 4) is 11.4 Å².